The number of amides is 1. The summed E-state index contributed by atoms with van der Waals surface area (Å²) in [6.07, 6.45) is 0.442. The molecule has 2 aromatic rings. The standard InChI is InChI=1S/C23H28F2N6O2/c1-13-5-14(10-28-22(32)33-23(2,3)4)12-31(11-13)20-8-19(29-21(27)30-20)15-6-17(24)16(9-26)18(25)7-15/h6-8,13-14H,5,10-12H2,1-4H3,(H,28,32)(H2,27,29,30)/t13-,14-/m1/s1. The number of hydrogen-bond donors (Lipinski definition) is 2. The van der Waals surface area contributed by atoms with E-state index in [2.05, 4.69) is 22.2 Å². The Hall–Kier alpha value is -3.48. The molecule has 0 bridgehead atoms. The first-order valence-electron chi connectivity index (χ1n) is 10.7. The molecule has 0 radical (unpaired) electrons. The fourth-order valence-corrected chi connectivity index (χ4v) is 3.95. The Morgan fingerprint density at radius 1 is 1.27 bits per heavy atom. The van der Waals surface area contributed by atoms with Crippen molar-refractivity contribution in [3.63, 3.8) is 0 Å². The molecule has 1 aromatic heterocycles. The average Bonchev–Trinajstić information content (AvgIpc) is 2.70. The minimum atomic E-state index is -0.967. The summed E-state index contributed by atoms with van der Waals surface area (Å²) >= 11 is 0. The second-order valence-corrected chi connectivity index (χ2v) is 9.39. The van der Waals surface area contributed by atoms with Gasteiger partial charge in [-0.2, -0.15) is 10.2 Å². The summed E-state index contributed by atoms with van der Waals surface area (Å²) in [6, 6.07) is 5.23. The van der Waals surface area contributed by atoms with E-state index < -0.39 is 28.9 Å². The maximum absolute atomic E-state index is 14.1. The van der Waals surface area contributed by atoms with Crippen molar-refractivity contribution < 1.29 is 18.3 Å². The van der Waals surface area contributed by atoms with Gasteiger partial charge in [0.2, 0.25) is 5.95 Å². The van der Waals surface area contributed by atoms with E-state index in [0.29, 0.717) is 31.4 Å². The lowest BCUT2D eigenvalue weighted by Gasteiger charge is -2.37. The Kier molecular flexibility index (Phi) is 7.01. The third kappa shape index (κ3) is 6.28. The van der Waals surface area contributed by atoms with Crippen LogP contribution >= 0.6 is 0 Å². The van der Waals surface area contributed by atoms with E-state index in [1.54, 1.807) is 26.8 Å². The van der Waals surface area contributed by atoms with Gasteiger partial charge in [0.05, 0.1) is 5.69 Å². The minimum absolute atomic E-state index is 0.0330. The second kappa shape index (κ2) is 9.57. The number of halogens is 2. The molecule has 1 saturated heterocycles. The molecule has 8 nitrogen and oxygen atoms in total. The average molecular weight is 459 g/mol. The van der Waals surface area contributed by atoms with Crippen molar-refractivity contribution in [2.75, 3.05) is 30.3 Å². The number of alkyl carbamates (subject to hydrolysis) is 1. The molecule has 1 aliphatic rings. The maximum Gasteiger partial charge on any atom is 0.407 e. The van der Waals surface area contributed by atoms with Crippen LogP contribution < -0.4 is 16.0 Å². The molecule has 1 fully saturated rings. The predicted octanol–water partition coefficient (Wildman–Crippen LogP) is 3.86. The van der Waals surface area contributed by atoms with Gasteiger partial charge >= 0.3 is 6.09 Å². The lowest BCUT2D eigenvalue weighted by molar-refractivity contribution is 0.0516. The molecule has 1 amide bonds. The number of nitrogens with zero attached hydrogens (tertiary/aromatic N) is 4. The fraction of sp³-hybridized carbons (Fsp3) is 0.478. The second-order valence-electron chi connectivity index (χ2n) is 9.39. The summed E-state index contributed by atoms with van der Waals surface area (Å²) in [5.74, 6) is -0.984. The molecule has 0 aliphatic carbocycles. The van der Waals surface area contributed by atoms with Crippen molar-refractivity contribution in [1.29, 1.82) is 5.26 Å². The van der Waals surface area contributed by atoms with Gasteiger partial charge in [-0.05, 0) is 51.2 Å². The Balaban J connectivity index is 1.79. The zero-order chi connectivity index (χ0) is 24.3. The first-order chi connectivity index (χ1) is 15.4. The number of aromatic nitrogens is 2. The van der Waals surface area contributed by atoms with Crippen LogP contribution in [0.3, 0.4) is 0 Å². The Morgan fingerprint density at radius 3 is 2.55 bits per heavy atom. The van der Waals surface area contributed by atoms with E-state index in [9.17, 15) is 13.6 Å². The van der Waals surface area contributed by atoms with Crippen LogP contribution in [0.4, 0.5) is 25.3 Å². The van der Waals surface area contributed by atoms with Gasteiger partial charge in [0.1, 0.15) is 34.7 Å². The van der Waals surface area contributed by atoms with E-state index in [1.165, 1.54) is 6.07 Å². The number of rotatable bonds is 4. The molecule has 2 heterocycles. The fourth-order valence-electron chi connectivity index (χ4n) is 3.95. The molecule has 1 aliphatic heterocycles. The van der Waals surface area contributed by atoms with Crippen molar-refractivity contribution in [2.45, 2.75) is 39.7 Å². The molecule has 2 atom stereocenters. The number of carbonyl (C=O) groups excluding carboxylic acids is 1. The van der Waals surface area contributed by atoms with Crippen LogP contribution in [0.2, 0.25) is 0 Å². The lowest BCUT2D eigenvalue weighted by atomic mass is 9.90. The third-order valence-corrected chi connectivity index (χ3v) is 5.18. The van der Waals surface area contributed by atoms with Gasteiger partial charge in [0.15, 0.2) is 0 Å². The molecule has 10 heteroatoms. The van der Waals surface area contributed by atoms with Crippen LogP contribution in [0.25, 0.3) is 11.3 Å². The van der Waals surface area contributed by atoms with Crippen LogP contribution in [0.15, 0.2) is 18.2 Å². The van der Waals surface area contributed by atoms with Gasteiger partial charge in [-0.3, -0.25) is 0 Å². The van der Waals surface area contributed by atoms with Crippen molar-refractivity contribution in [3.05, 3.63) is 35.4 Å². The highest BCUT2D eigenvalue weighted by atomic mass is 19.1. The van der Waals surface area contributed by atoms with Gasteiger partial charge in [-0.15, -0.1) is 0 Å². The Bertz CT molecular complexity index is 1060. The number of ether oxygens (including phenoxy) is 1. The monoisotopic (exact) mass is 458 g/mol. The molecule has 0 unspecified atom stereocenters. The summed E-state index contributed by atoms with van der Waals surface area (Å²) in [5, 5.41) is 11.7. The molecule has 3 N–H and O–H groups in total. The van der Waals surface area contributed by atoms with Crippen molar-refractivity contribution >= 4 is 17.9 Å². The molecule has 1 aromatic carbocycles. The summed E-state index contributed by atoms with van der Waals surface area (Å²) in [6.45, 7) is 9.26. The van der Waals surface area contributed by atoms with Gasteiger partial charge in [0, 0.05) is 31.3 Å². The van der Waals surface area contributed by atoms with Gasteiger partial charge < -0.3 is 20.7 Å². The predicted molar refractivity (Wildman–Crippen MR) is 120 cm³/mol. The molecule has 3 rings (SSSR count). The molecule has 0 spiro atoms. The molecule has 33 heavy (non-hydrogen) atoms. The first-order valence-corrected chi connectivity index (χ1v) is 10.7. The number of piperidine rings is 1. The van der Waals surface area contributed by atoms with Crippen LogP contribution in [-0.2, 0) is 4.74 Å². The Morgan fingerprint density at radius 2 is 1.94 bits per heavy atom. The summed E-state index contributed by atoms with van der Waals surface area (Å²) < 4.78 is 33.5. The summed E-state index contributed by atoms with van der Waals surface area (Å²) in [5.41, 5.74) is 5.09. The number of hydrogen-bond acceptors (Lipinski definition) is 7. The number of nitriles is 1. The van der Waals surface area contributed by atoms with Crippen molar-refractivity contribution in [1.82, 2.24) is 15.3 Å². The maximum atomic E-state index is 14.1. The number of anilines is 2. The quantitative estimate of drug-likeness (QED) is 0.714. The molecular weight excluding hydrogens is 430 g/mol. The molecule has 176 valence electrons. The highest BCUT2D eigenvalue weighted by Crippen LogP contribution is 2.29. The number of nitrogens with two attached hydrogens (primary N) is 1. The number of nitrogen functional groups attached to an aromatic ring is 1. The lowest BCUT2D eigenvalue weighted by Crippen LogP contribution is -2.45. The zero-order valence-corrected chi connectivity index (χ0v) is 19.2. The van der Waals surface area contributed by atoms with Crippen LogP contribution in [-0.4, -0.2) is 41.3 Å². The Labute approximate surface area is 191 Å². The van der Waals surface area contributed by atoms with Gasteiger partial charge in [-0.25, -0.2) is 18.6 Å². The summed E-state index contributed by atoms with van der Waals surface area (Å²) in [4.78, 5) is 22.5. The highest BCUT2D eigenvalue weighted by Gasteiger charge is 2.27. The first kappa shape index (κ1) is 24.2. The normalized spacial score (nSPS) is 18.5. The van der Waals surface area contributed by atoms with Gasteiger partial charge in [0.25, 0.3) is 0 Å². The smallest absolute Gasteiger partial charge is 0.407 e. The summed E-state index contributed by atoms with van der Waals surface area (Å²) in [7, 11) is 0. The van der Waals surface area contributed by atoms with E-state index >= 15 is 0 Å². The zero-order valence-electron chi connectivity index (χ0n) is 19.2. The van der Waals surface area contributed by atoms with Crippen molar-refractivity contribution in [3.8, 4) is 17.3 Å². The van der Waals surface area contributed by atoms with Gasteiger partial charge in [-0.1, -0.05) is 6.92 Å². The minimum Gasteiger partial charge on any atom is -0.444 e. The van der Waals surface area contributed by atoms with E-state index in [1.807, 2.05) is 4.90 Å². The number of carbonyl (C=O) groups is 1. The van der Waals surface area contributed by atoms with E-state index in [4.69, 9.17) is 15.7 Å². The van der Waals surface area contributed by atoms with E-state index in [0.717, 1.165) is 18.6 Å². The van der Waals surface area contributed by atoms with Crippen LogP contribution in [0.5, 0.6) is 0 Å². The third-order valence-electron chi connectivity index (χ3n) is 5.18. The molecular formula is C23H28F2N6O2. The topological polar surface area (TPSA) is 117 Å². The number of nitrogens with one attached hydrogen (secondary N) is 1. The number of benzene rings is 1. The largest absolute Gasteiger partial charge is 0.444 e. The molecule has 0 saturated carbocycles. The SMILES string of the molecule is C[C@@H]1C[C@H](CNC(=O)OC(C)(C)C)CN(c2cc(-c3cc(F)c(C#N)c(F)c3)nc(N)n2)C1. The van der Waals surface area contributed by atoms with E-state index in [-0.39, 0.29) is 23.1 Å². The van der Waals surface area contributed by atoms with Crippen LogP contribution in [0, 0.1) is 34.8 Å². The van der Waals surface area contributed by atoms with Crippen LogP contribution in [0.1, 0.15) is 39.7 Å². The highest BCUT2D eigenvalue weighted by molar-refractivity contribution is 5.68. The van der Waals surface area contributed by atoms with Crippen molar-refractivity contribution in [2.24, 2.45) is 11.8 Å².